The Bertz CT molecular complexity index is 412. The summed E-state index contributed by atoms with van der Waals surface area (Å²) in [6.07, 6.45) is 5.24. The molecule has 0 spiro atoms. The molecule has 2 unspecified atom stereocenters. The van der Waals surface area contributed by atoms with Crippen LogP contribution in [0, 0.1) is 11.3 Å². The molecule has 0 heterocycles. The second-order valence-corrected chi connectivity index (χ2v) is 9.51. The molecular weight excluding hydrogens is 318 g/mol. The van der Waals surface area contributed by atoms with Crippen LogP contribution in [0.4, 0.5) is 0 Å². The highest BCUT2D eigenvalue weighted by Gasteiger charge is 2.43. The Balaban J connectivity index is 2.66. The first-order valence-electron chi connectivity index (χ1n) is 6.99. The van der Waals surface area contributed by atoms with Crippen molar-refractivity contribution in [1.29, 1.82) is 5.41 Å². The summed E-state index contributed by atoms with van der Waals surface area (Å²) in [5, 5.41) is 8.31. The molecule has 8 nitrogen and oxygen atoms in total. The number of hydrogen-bond acceptors (Lipinski definition) is 4. The molecule has 1 rings (SSSR count). The molecule has 1 saturated carbocycles. The van der Waals surface area contributed by atoms with Gasteiger partial charge in [-0.15, -0.1) is 0 Å². The highest BCUT2D eigenvalue weighted by Crippen LogP contribution is 2.61. The van der Waals surface area contributed by atoms with E-state index in [0.717, 1.165) is 25.7 Å². The molecule has 0 aliphatic heterocycles. The molecule has 6 N–H and O–H groups in total. The van der Waals surface area contributed by atoms with Crippen LogP contribution in [-0.2, 0) is 9.13 Å². The predicted molar refractivity (Wildman–Crippen MR) is 79.6 cm³/mol. The average Bonchev–Trinajstić information content (AvgIpc) is 2.34. The van der Waals surface area contributed by atoms with Gasteiger partial charge < -0.3 is 30.3 Å². The zero-order valence-corrected chi connectivity index (χ0v) is 13.5. The highest BCUT2D eigenvalue weighted by atomic mass is 31.2. The van der Waals surface area contributed by atoms with Crippen molar-refractivity contribution in [3.63, 3.8) is 0 Å². The van der Waals surface area contributed by atoms with E-state index in [1.54, 1.807) is 0 Å². The highest BCUT2D eigenvalue weighted by molar-refractivity contribution is 7.70. The summed E-state index contributed by atoms with van der Waals surface area (Å²) in [5.74, 6) is 0.124. The van der Waals surface area contributed by atoms with E-state index in [9.17, 15) is 9.13 Å². The van der Waals surface area contributed by atoms with Gasteiger partial charge in [-0.05, 0) is 31.6 Å². The molecule has 124 valence electrons. The van der Waals surface area contributed by atoms with Crippen molar-refractivity contribution in [1.82, 2.24) is 5.32 Å². The van der Waals surface area contributed by atoms with Gasteiger partial charge in [0.25, 0.3) is 0 Å². The first-order valence-corrected chi connectivity index (χ1v) is 10.4. The molecule has 21 heavy (non-hydrogen) atoms. The quantitative estimate of drug-likeness (QED) is 0.287. The Morgan fingerprint density at radius 3 is 2.24 bits per heavy atom. The maximum absolute atomic E-state index is 11.3. The molecule has 1 fully saturated rings. The van der Waals surface area contributed by atoms with Gasteiger partial charge >= 0.3 is 15.2 Å². The van der Waals surface area contributed by atoms with Crippen molar-refractivity contribution >= 4 is 21.4 Å². The van der Waals surface area contributed by atoms with E-state index in [1.165, 1.54) is 6.21 Å². The lowest BCUT2D eigenvalue weighted by Gasteiger charge is -2.33. The van der Waals surface area contributed by atoms with Gasteiger partial charge in [0.05, 0.1) is 0 Å². The van der Waals surface area contributed by atoms with Crippen LogP contribution < -0.4 is 5.32 Å². The molecule has 0 amide bonds. The minimum Gasteiger partial charge on any atom is -0.324 e. The molecule has 0 saturated heterocycles. The summed E-state index contributed by atoms with van der Waals surface area (Å²) in [6, 6.07) is 0.134. The van der Waals surface area contributed by atoms with Gasteiger partial charge in [0.2, 0.25) is 0 Å². The van der Waals surface area contributed by atoms with Crippen LogP contribution in [0.3, 0.4) is 0 Å². The summed E-state index contributed by atoms with van der Waals surface area (Å²) < 4.78 is 22.5. The topological polar surface area (TPSA) is 151 Å². The summed E-state index contributed by atoms with van der Waals surface area (Å²) in [6.45, 7) is 0.432. The third kappa shape index (κ3) is 6.28. The van der Waals surface area contributed by atoms with E-state index in [1.807, 2.05) is 0 Å². The Morgan fingerprint density at radius 1 is 1.14 bits per heavy atom. The minimum absolute atomic E-state index is 0.124. The molecule has 10 heteroatoms. The standard InChI is InChI=1S/C11H24N2O6P2/c12-7-8-13-10-4-2-1-3-9(10)5-6-11(20(14,15)16)21(17,18)19/h7,9-13H,1-6,8H2,(H2,14,15,16)(H2,17,18,19). The molecule has 0 radical (unpaired) electrons. The van der Waals surface area contributed by atoms with Crippen LogP contribution in [0.2, 0.25) is 0 Å². The molecular formula is C11H24N2O6P2. The fraction of sp³-hybridized carbons (Fsp3) is 0.909. The molecule has 0 aromatic rings. The maximum atomic E-state index is 11.3. The van der Waals surface area contributed by atoms with E-state index in [-0.39, 0.29) is 18.4 Å². The zero-order valence-electron chi connectivity index (χ0n) is 11.8. The van der Waals surface area contributed by atoms with Gasteiger partial charge in [-0.1, -0.05) is 12.8 Å². The zero-order chi connectivity index (χ0) is 16.1. The Labute approximate surface area is 124 Å². The van der Waals surface area contributed by atoms with E-state index in [2.05, 4.69) is 5.32 Å². The molecule has 0 bridgehead atoms. The normalized spacial score (nSPS) is 24.2. The van der Waals surface area contributed by atoms with E-state index >= 15 is 0 Å². The first-order chi connectivity index (χ1) is 9.66. The fourth-order valence-electron chi connectivity index (χ4n) is 2.93. The first kappa shape index (κ1) is 19.0. The summed E-state index contributed by atoms with van der Waals surface area (Å²) in [5.41, 5.74) is 0. The Kier molecular flexibility index (Phi) is 7.20. The largest absolute Gasteiger partial charge is 0.340 e. The average molecular weight is 342 g/mol. The minimum atomic E-state index is -4.83. The second-order valence-electron chi connectivity index (χ2n) is 5.50. The molecule has 1 aliphatic rings. The lowest BCUT2D eigenvalue weighted by atomic mass is 9.82. The summed E-state index contributed by atoms with van der Waals surface area (Å²) in [4.78, 5) is 36.5. The van der Waals surface area contributed by atoms with Crippen molar-refractivity contribution in [3.05, 3.63) is 0 Å². The van der Waals surface area contributed by atoms with E-state index < -0.39 is 20.6 Å². The van der Waals surface area contributed by atoms with Crippen molar-refractivity contribution < 1.29 is 28.7 Å². The lowest BCUT2D eigenvalue weighted by molar-refractivity contribution is 0.249. The van der Waals surface area contributed by atoms with E-state index in [4.69, 9.17) is 25.0 Å². The van der Waals surface area contributed by atoms with Crippen molar-refractivity contribution in [2.75, 3.05) is 6.54 Å². The Morgan fingerprint density at radius 2 is 1.71 bits per heavy atom. The lowest BCUT2D eigenvalue weighted by Crippen LogP contribution is -2.39. The van der Waals surface area contributed by atoms with Gasteiger partial charge in [-0.25, -0.2) is 0 Å². The predicted octanol–water partition coefficient (Wildman–Crippen LogP) is 1.25. The van der Waals surface area contributed by atoms with Crippen molar-refractivity contribution in [2.45, 2.75) is 50.0 Å². The van der Waals surface area contributed by atoms with Gasteiger partial charge in [0.15, 0.2) is 5.40 Å². The second kappa shape index (κ2) is 7.97. The van der Waals surface area contributed by atoms with Gasteiger partial charge in [0.1, 0.15) is 0 Å². The smallest absolute Gasteiger partial charge is 0.324 e. The van der Waals surface area contributed by atoms with E-state index in [0.29, 0.717) is 13.0 Å². The molecule has 2 atom stereocenters. The maximum Gasteiger partial charge on any atom is 0.340 e. The Hall–Kier alpha value is -0.0700. The van der Waals surface area contributed by atoms with Gasteiger partial charge in [-0.2, -0.15) is 0 Å². The number of hydrogen-bond donors (Lipinski definition) is 6. The molecule has 0 aromatic heterocycles. The number of rotatable bonds is 8. The van der Waals surface area contributed by atoms with Crippen LogP contribution in [0.1, 0.15) is 38.5 Å². The molecule has 1 aliphatic carbocycles. The number of nitrogens with one attached hydrogen (secondary N) is 2. The van der Waals surface area contributed by atoms with Crippen LogP contribution in [0.25, 0.3) is 0 Å². The van der Waals surface area contributed by atoms with Crippen molar-refractivity contribution in [2.24, 2.45) is 5.92 Å². The van der Waals surface area contributed by atoms with Crippen LogP contribution >= 0.6 is 15.2 Å². The van der Waals surface area contributed by atoms with Crippen LogP contribution in [-0.4, -0.2) is 43.8 Å². The summed E-state index contributed by atoms with van der Waals surface area (Å²) >= 11 is 0. The van der Waals surface area contributed by atoms with Gasteiger partial charge in [0, 0.05) is 18.8 Å². The SMILES string of the molecule is N=CCNC1CCCCC1CCC(P(=O)(O)O)P(=O)(O)O. The van der Waals surface area contributed by atoms with Crippen LogP contribution in [0.5, 0.6) is 0 Å². The van der Waals surface area contributed by atoms with Crippen molar-refractivity contribution in [3.8, 4) is 0 Å². The molecule has 0 aromatic carbocycles. The third-order valence-electron chi connectivity index (χ3n) is 3.96. The third-order valence-corrected chi connectivity index (χ3v) is 7.84. The van der Waals surface area contributed by atoms with Crippen LogP contribution in [0.15, 0.2) is 0 Å². The monoisotopic (exact) mass is 342 g/mol. The summed E-state index contributed by atoms with van der Waals surface area (Å²) in [7, 11) is -9.65. The fourth-order valence-corrected chi connectivity index (χ4v) is 5.47. The van der Waals surface area contributed by atoms with Gasteiger partial charge in [-0.3, -0.25) is 9.13 Å².